The Morgan fingerprint density at radius 2 is 1.12 bits per heavy atom. The Balaban J connectivity index is 1.55. The van der Waals surface area contributed by atoms with E-state index < -0.39 is 0 Å². The molecule has 0 spiro atoms. The van der Waals surface area contributed by atoms with Crippen LogP contribution in [0.2, 0.25) is 0 Å². The molecule has 0 unspecified atom stereocenters. The van der Waals surface area contributed by atoms with E-state index in [0.29, 0.717) is 17.5 Å². The number of benzene rings is 4. The number of rotatable bonds is 3. The van der Waals surface area contributed by atoms with E-state index in [2.05, 4.69) is 72.2 Å². The van der Waals surface area contributed by atoms with Gasteiger partial charge in [0.25, 0.3) is 0 Å². The number of halogens is 1. The molecule has 0 fully saturated rings. The number of aromatic nitrogens is 3. The highest BCUT2D eigenvalue weighted by Gasteiger charge is 2.35. The third-order valence-corrected chi connectivity index (χ3v) is 7.09. The van der Waals surface area contributed by atoms with Gasteiger partial charge in [-0.2, -0.15) is 0 Å². The summed E-state index contributed by atoms with van der Waals surface area (Å²) in [5.41, 5.74) is 8.11. The largest absolute Gasteiger partial charge is 0.208 e. The lowest BCUT2D eigenvalue weighted by Gasteiger charge is -2.21. The molecular weight excluding hydrogens is 482 g/mol. The Hall–Kier alpha value is -3.63. The standard InChI is InChI=1S/C30H22BrN3/c1-30(2)25-14-7-6-13-23(25)24-18-21(15-16-26(24)30)29-33-27(19-9-4-3-5-10-19)32-28(34-29)20-11-8-12-22(31)17-20/h3-18H,1-2H3. The van der Waals surface area contributed by atoms with Gasteiger partial charge < -0.3 is 0 Å². The van der Waals surface area contributed by atoms with Crippen molar-refractivity contribution in [1.29, 1.82) is 0 Å². The molecule has 4 heteroatoms. The Bertz CT molecular complexity index is 1540. The van der Waals surface area contributed by atoms with Crippen molar-refractivity contribution < 1.29 is 0 Å². The van der Waals surface area contributed by atoms with Crippen molar-refractivity contribution in [3.05, 3.63) is 113 Å². The molecule has 164 valence electrons. The lowest BCUT2D eigenvalue weighted by molar-refractivity contribution is 0.660. The quantitative estimate of drug-likeness (QED) is 0.250. The van der Waals surface area contributed by atoms with Crippen LogP contribution >= 0.6 is 15.9 Å². The van der Waals surface area contributed by atoms with Gasteiger partial charge in [-0.05, 0) is 40.5 Å². The lowest BCUT2D eigenvalue weighted by atomic mass is 9.82. The number of nitrogens with zero attached hydrogens (tertiary/aromatic N) is 3. The molecule has 3 nitrogen and oxygen atoms in total. The summed E-state index contributed by atoms with van der Waals surface area (Å²) in [7, 11) is 0. The maximum atomic E-state index is 4.92. The maximum Gasteiger partial charge on any atom is 0.164 e. The molecule has 0 amide bonds. The van der Waals surface area contributed by atoms with Gasteiger partial charge in [0.1, 0.15) is 0 Å². The van der Waals surface area contributed by atoms with Crippen LogP contribution in [-0.4, -0.2) is 15.0 Å². The van der Waals surface area contributed by atoms with E-state index >= 15 is 0 Å². The minimum atomic E-state index is -0.0275. The molecule has 0 atom stereocenters. The van der Waals surface area contributed by atoms with Gasteiger partial charge >= 0.3 is 0 Å². The highest BCUT2D eigenvalue weighted by atomic mass is 79.9. The molecule has 4 aromatic carbocycles. The van der Waals surface area contributed by atoms with Crippen LogP contribution in [0.1, 0.15) is 25.0 Å². The molecule has 1 heterocycles. The van der Waals surface area contributed by atoms with Crippen LogP contribution in [0.4, 0.5) is 0 Å². The van der Waals surface area contributed by atoms with Gasteiger partial charge in [-0.1, -0.05) is 109 Å². The van der Waals surface area contributed by atoms with Crippen LogP contribution in [0, 0.1) is 0 Å². The van der Waals surface area contributed by atoms with E-state index in [9.17, 15) is 0 Å². The Morgan fingerprint density at radius 3 is 1.85 bits per heavy atom. The highest BCUT2D eigenvalue weighted by molar-refractivity contribution is 9.10. The first-order valence-corrected chi connectivity index (χ1v) is 12.1. The van der Waals surface area contributed by atoms with E-state index in [1.807, 2.05) is 54.6 Å². The second kappa shape index (κ2) is 8.00. The molecule has 6 rings (SSSR count). The zero-order chi connectivity index (χ0) is 23.3. The second-order valence-electron chi connectivity index (χ2n) is 9.11. The zero-order valence-electron chi connectivity index (χ0n) is 19.0. The molecule has 0 N–H and O–H groups in total. The fraction of sp³-hybridized carbons (Fsp3) is 0.100. The zero-order valence-corrected chi connectivity index (χ0v) is 20.5. The molecule has 0 radical (unpaired) electrons. The monoisotopic (exact) mass is 503 g/mol. The molecule has 0 saturated heterocycles. The summed E-state index contributed by atoms with van der Waals surface area (Å²) in [4.78, 5) is 14.6. The summed E-state index contributed by atoms with van der Waals surface area (Å²) in [5.74, 6) is 2.00. The van der Waals surface area contributed by atoms with E-state index in [1.54, 1.807) is 0 Å². The van der Waals surface area contributed by atoms with Crippen LogP contribution < -0.4 is 0 Å². The van der Waals surface area contributed by atoms with E-state index in [1.165, 1.54) is 22.3 Å². The summed E-state index contributed by atoms with van der Waals surface area (Å²) in [5, 5.41) is 0. The van der Waals surface area contributed by atoms with E-state index in [0.717, 1.165) is 21.2 Å². The van der Waals surface area contributed by atoms with E-state index in [4.69, 9.17) is 15.0 Å². The summed E-state index contributed by atoms with van der Waals surface area (Å²) in [6, 6.07) is 33.4. The Labute approximate surface area is 207 Å². The van der Waals surface area contributed by atoms with Crippen molar-refractivity contribution in [3.8, 4) is 45.3 Å². The molecule has 1 aromatic heterocycles. The average molecular weight is 504 g/mol. The van der Waals surface area contributed by atoms with Gasteiger partial charge in [-0.3, -0.25) is 0 Å². The molecule has 0 saturated carbocycles. The van der Waals surface area contributed by atoms with Crippen molar-refractivity contribution >= 4 is 15.9 Å². The minimum Gasteiger partial charge on any atom is -0.208 e. The third kappa shape index (κ3) is 3.46. The average Bonchev–Trinajstić information content (AvgIpc) is 3.11. The van der Waals surface area contributed by atoms with Gasteiger partial charge in [-0.15, -0.1) is 0 Å². The van der Waals surface area contributed by atoms with Gasteiger partial charge in [0.2, 0.25) is 0 Å². The van der Waals surface area contributed by atoms with Crippen LogP contribution in [-0.2, 0) is 5.41 Å². The van der Waals surface area contributed by atoms with Crippen LogP contribution in [0.25, 0.3) is 45.3 Å². The fourth-order valence-electron chi connectivity index (χ4n) is 4.84. The van der Waals surface area contributed by atoms with Gasteiger partial charge in [0.15, 0.2) is 17.5 Å². The van der Waals surface area contributed by atoms with Crippen LogP contribution in [0.15, 0.2) is 102 Å². The molecule has 5 aromatic rings. The van der Waals surface area contributed by atoms with Gasteiger partial charge in [-0.25, -0.2) is 15.0 Å². The predicted molar refractivity (Wildman–Crippen MR) is 141 cm³/mol. The van der Waals surface area contributed by atoms with Crippen molar-refractivity contribution in [2.75, 3.05) is 0 Å². The van der Waals surface area contributed by atoms with Gasteiger partial charge in [0, 0.05) is 26.6 Å². The highest BCUT2D eigenvalue weighted by Crippen LogP contribution is 2.49. The maximum absolute atomic E-state index is 4.92. The summed E-state index contributed by atoms with van der Waals surface area (Å²) < 4.78 is 0.990. The number of hydrogen-bond donors (Lipinski definition) is 0. The summed E-state index contributed by atoms with van der Waals surface area (Å²) >= 11 is 3.57. The molecular formula is C30H22BrN3. The van der Waals surface area contributed by atoms with Gasteiger partial charge in [0.05, 0.1) is 0 Å². The minimum absolute atomic E-state index is 0.0275. The Morgan fingerprint density at radius 1 is 0.529 bits per heavy atom. The fourth-order valence-corrected chi connectivity index (χ4v) is 5.24. The third-order valence-electron chi connectivity index (χ3n) is 6.59. The number of fused-ring (bicyclic) bond motifs is 3. The molecule has 1 aliphatic carbocycles. The van der Waals surface area contributed by atoms with Crippen molar-refractivity contribution in [3.63, 3.8) is 0 Å². The van der Waals surface area contributed by atoms with Crippen molar-refractivity contribution in [2.45, 2.75) is 19.3 Å². The smallest absolute Gasteiger partial charge is 0.164 e. The first-order chi connectivity index (χ1) is 16.5. The SMILES string of the molecule is CC1(C)c2ccccc2-c2cc(-c3nc(-c4ccccc4)nc(-c4cccc(Br)c4)n3)ccc21. The first kappa shape index (κ1) is 20.9. The normalized spacial score (nSPS) is 13.4. The molecule has 0 bridgehead atoms. The summed E-state index contributed by atoms with van der Waals surface area (Å²) in [6.45, 7) is 4.58. The molecule has 0 aliphatic heterocycles. The molecule has 34 heavy (non-hydrogen) atoms. The topological polar surface area (TPSA) is 38.7 Å². The molecule has 1 aliphatic rings. The van der Waals surface area contributed by atoms with Crippen LogP contribution in [0.3, 0.4) is 0 Å². The lowest BCUT2D eigenvalue weighted by Crippen LogP contribution is -2.14. The van der Waals surface area contributed by atoms with Crippen molar-refractivity contribution in [1.82, 2.24) is 15.0 Å². The van der Waals surface area contributed by atoms with Crippen LogP contribution in [0.5, 0.6) is 0 Å². The second-order valence-corrected chi connectivity index (χ2v) is 10.0. The Kier molecular flexibility index (Phi) is 4.93. The number of hydrogen-bond acceptors (Lipinski definition) is 3. The van der Waals surface area contributed by atoms with E-state index in [-0.39, 0.29) is 5.41 Å². The summed E-state index contributed by atoms with van der Waals surface area (Å²) in [6.07, 6.45) is 0. The first-order valence-electron chi connectivity index (χ1n) is 11.3. The predicted octanol–water partition coefficient (Wildman–Crippen LogP) is 7.94. The van der Waals surface area contributed by atoms with Crippen molar-refractivity contribution in [2.24, 2.45) is 0 Å².